The molecule has 1 aliphatic rings. The predicted molar refractivity (Wildman–Crippen MR) is 71.1 cm³/mol. The lowest BCUT2D eigenvalue weighted by molar-refractivity contribution is -0.141. The molecular formula is C14H6F6S2. The molecule has 0 atom stereocenters. The minimum Gasteiger partial charge on any atom is -0.166 e. The Morgan fingerprint density at radius 1 is 0.591 bits per heavy atom. The fourth-order valence-electron chi connectivity index (χ4n) is 2.07. The summed E-state index contributed by atoms with van der Waals surface area (Å²) in [6, 6.07) is 7.08. The van der Waals surface area contributed by atoms with Gasteiger partial charge in [-0.2, -0.15) is 26.3 Å². The van der Waals surface area contributed by atoms with Gasteiger partial charge in [-0.3, -0.25) is 0 Å². The van der Waals surface area contributed by atoms with Gasteiger partial charge in [0.2, 0.25) is 0 Å². The monoisotopic (exact) mass is 352 g/mol. The van der Waals surface area contributed by atoms with Crippen LogP contribution in [-0.2, 0) is 12.4 Å². The summed E-state index contributed by atoms with van der Waals surface area (Å²) in [6.07, 6.45) is -9.09. The summed E-state index contributed by atoms with van der Waals surface area (Å²) in [5, 5.41) is 0. The summed E-state index contributed by atoms with van der Waals surface area (Å²) in [5.41, 5.74) is -1.66. The normalized spacial score (nSPS) is 14.5. The van der Waals surface area contributed by atoms with Crippen LogP contribution in [0.3, 0.4) is 0 Å². The topological polar surface area (TPSA) is 0 Å². The molecule has 8 heteroatoms. The SMILES string of the molecule is FC(F)(F)c1cccc2c1Sc1cccc(C(F)(F)F)c1S2. The van der Waals surface area contributed by atoms with Gasteiger partial charge in [-0.05, 0) is 24.3 Å². The van der Waals surface area contributed by atoms with E-state index in [0.717, 1.165) is 35.7 Å². The van der Waals surface area contributed by atoms with Gasteiger partial charge in [0, 0.05) is 19.6 Å². The maximum Gasteiger partial charge on any atom is 0.417 e. The molecular weight excluding hydrogens is 346 g/mol. The van der Waals surface area contributed by atoms with E-state index >= 15 is 0 Å². The highest BCUT2D eigenvalue weighted by Crippen LogP contribution is 2.55. The molecule has 2 aromatic carbocycles. The number of halogens is 6. The van der Waals surface area contributed by atoms with Gasteiger partial charge < -0.3 is 0 Å². The van der Waals surface area contributed by atoms with Crippen LogP contribution in [0, 0.1) is 0 Å². The van der Waals surface area contributed by atoms with Crippen molar-refractivity contribution in [1.29, 1.82) is 0 Å². The third-order valence-electron chi connectivity index (χ3n) is 2.99. The standard InChI is InChI=1S/C14H6F6S2/c15-13(16,17)7-3-1-5-9-11(7)22-10-6-2-4-8(12(10)21-9)14(18,19)20/h1-6H. The Labute approximate surface area is 129 Å². The molecule has 116 valence electrons. The van der Waals surface area contributed by atoms with Gasteiger partial charge in [-0.1, -0.05) is 35.7 Å². The van der Waals surface area contributed by atoms with Crippen molar-refractivity contribution in [3.8, 4) is 0 Å². The number of benzene rings is 2. The summed E-state index contributed by atoms with van der Waals surface area (Å²) >= 11 is 1.45. The number of fused-ring (bicyclic) bond motifs is 2. The van der Waals surface area contributed by atoms with Gasteiger partial charge in [0.1, 0.15) is 0 Å². The number of rotatable bonds is 0. The van der Waals surface area contributed by atoms with Crippen LogP contribution in [0.25, 0.3) is 0 Å². The summed E-state index contributed by atoms with van der Waals surface area (Å²) < 4.78 is 78.1. The lowest BCUT2D eigenvalue weighted by atomic mass is 10.2. The largest absolute Gasteiger partial charge is 0.417 e. The molecule has 0 saturated heterocycles. The van der Waals surface area contributed by atoms with E-state index in [9.17, 15) is 26.3 Å². The van der Waals surface area contributed by atoms with Crippen molar-refractivity contribution in [1.82, 2.24) is 0 Å². The first-order valence-electron chi connectivity index (χ1n) is 5.94. The molecule has 0 aliphatic carbocycles. The molecule has 22 heavy (non-hydrogen) atoms. The minimum atomic E-state index is -4.54. The Balaban J connectivity index is 2.14. The Morgan fingerprint density at radius 2 is 0.955 bits per heavy atom. The molecule has 0 aromatic heterocycles. The van der Waals surface area contributed by atoms with Crippen molar-refractivity contribution in [2.24, 2.45) is 0 Å². The third-order valence-corrected chi connectivity index (χ3v) is 5.66. The zero-order valence-electron chi connectivity index (χ0n) is 10.5. The summed E-state index contributed by atoms with van der Waals surface area (Å²) in [5.74, 6) is 0. The zero-order valence-corrected chi connectivity index (χ0v) is 12.2. The zero-order chi connectivity index (χ0) is 16.1. The van der Waals surface area contributed by atoms with E-state index in [4.69, 9.17) is 0 Å². The molecule has 0 unspecified atom stereocenters. The lowest BCUT2D eigenvalue weighted by Gasteiger charge is -2.24. The van der Waals surface area contributed by atoms with Crippen LogP contribution in [0.2, 0.25) is 0 Å². The van der Waals surface area contributed by atoms with Crippen molar-refractivity contribution in [2.75, 3.05) is 0 Å². The van der Waals surface area contributed by atoms with Crippen LogP contribution in [0.5, 0.6) is 0 Å². The van der Waals surface area contributed by atoms with Crippen LogP contribution in [0.15, 0.2) is 56.0 Å². The molecule has 0 fully saturated rings. The Bertz CT molecular complexity index is 670. The summed E-state index contributed by atoms with van der Waals surface area (Å²) in [6.45, 7) is 0. The average molecular weight is 352 g/mol. The molecule has 0 saturated carbocycles. The van der Waals surface area contributed by atoms with E-state index < -0.39 is 23.5 Å². The maximum absolute atomic E-state index is 13.0. The molecule has 0 nitrogen and oxygen atoms in total. The highest BCUT2D eigenvalue weighted by molar-refractivity contribution is 8.05. The molecule has 1 heterocycles. The number of hydrogen-bond acceptors (Lipinski definition) is 2. The smallest absolute Gasteiger partial charge is 0.166 e. The Hall–Kier alpha value is -1.28. The first-order valence-corrected chi connectivity index (χ1v) is 7.57. The summed E-state index contributed by atoms with van der Waals surface area (Å²) in [4.78, 5) is 0.270. The fraction of sp³-hybridized carbons (Fsp3) is 0.143. The molecule has 0 bridgehead atoms. The average Bonchev–Trinajstić information content (AvgIpc) is 2.41. The van der Waals surface area contributed by atoms with Gasteiger partial charge in [-0.15, -0.1) is 0 Å². The summed E-state index contributed by atoms with van der Waals surface area (Å²) in [7, 11) is 0. The van der Waals surface area contributed by atoms with Crippen molar-refractivity contribution >= 4 is 23.5 Å². The van der Waals surface area contributed by atoms with E-state index in [0.29, 0.717) is 0 Å². The fourth-order valence-corrected chi connectivity index (χ4v) is 4.63. The first kappa shape index (κ1) is 15.6. The second kappa shape index (κ2) is 5.13. The number of alkyl halides is 6. The van der Waals surface area contributed by atoms with Gasteiger partial charge >= 0.3 is 12.4 Å². The molecule has 2 aromatic rings. The van der Waals surface area contributed by atoms with Gasteiger partial charge in [-0.25, -0.2) is 0 Å². The molecule has 0 radical (unpaired) electrons. The lowest BCUT2D eigenvalue weighted by Crippen LogP contribution is -2.11. The second-order valence-corrected chi connectivity index (χ2v) is 6.57. The van der Waals surface area contributed by atoms with E-state index in [1.54, 1.807) is 0 Å². The van der Waals surface area contributed by atoms with E-state index in [2.05, 4.69) is 0 Å². The number of hydrogen-bond donors (Lipinski definition) is 0. The van der Waals surface area contributed by atoms with Crippen LogP contribution in [-0.4, -0.2) is 0 Å². The minimum absolute atomic E-state index is 0.0492. The Kier molecular flexibility index (Phi) is 3.64. The first-order chi connectivity index (χ1) is 10.2. The predicted octanol–water partition coefficient (Wildman–Crippen LogP) is 6.34. The van der Waals surface area contributed by atoms with Crippen molar-refractivity contribution in [2.45, 2.75) is 31.9 Å². The second-order valence-electron chi connectivity index (χ2n) is 4.47. The van der Waals surface area contributed by atoms with Crippen LogP contribution in [0.1, 0.15) is 11.1 Å². The van der Waals surface area contributed by atoms with Crippen LogP contribution in [0.4, 0.5) is 26.3 Å². The quantitative estimate of drug-likeness (QED) is 0.433. The highest BCUT2D eigenvalue weighted by Gasteiger charge is 2.39. The van der Waals surface area contributed by atoms with Gasteiger partial charge in [0.05, 0.1) is 11.1 Å². The van der Waals surface area contributed by atoms with Crippen molar-refractivity contribution in [3.05, 3.63) is 47.5 Å². The van der Waals surface area contributed by atoms with Crippen molar-refractivity contribution in [3.63, 3.8) is 0 Å². The molecule has 3 rings (SSSR count). The van der Waals surface area contributed by atoms with E-state index in [1.165, 1.54) is 24.3 Å². The maximum atomic E-state index is 13.0. The van der Waals surface area contributed by atoms with Crippen molar-refractivity contribution < 1.29 is 26.3 Å². The molecule has 0 N–H and O–H groups in total. The molecule has 0 amide bonds. The Morgan fingerprint density at radius 3 is 1.27 bits per heavy atom. The third kappa shape index (κ3) is 2.69. The highest BCUT2D eigenvalue weighted by atomic mass is 32.2. The van der Waals surface area contributed by atoms with Crippen LogP contribution < -0.4 is 0 Å². The van der Waals surface area contributed by atoms with E-state index in [1.807, 2.05) is 0 Å². The molecule has 0 spiro atoms. The van der Waals surface area contributed by atoms with E-state index in [-0.39, 0.29) is 19.6 Å². The molecule has 1 aliphatic heterocycles. The van der Waals surface area contributed by atoms with Gasteiger partial charge in [0.15, 0.2) is 0 Å². The van der Waals surface area contributed by atoms with Gasteiger partial charge in [0.25, 0.3) is 0 Å². The van der Waals surface area contributed by atoms with Crippen LogP contribution >= 0.6 is 23.5 Å².